The van der Waals surface area contributed by atoms with Gasteiger partial charge in [-0.15, -0.1) is 0 Å². The number of aliphatic imine (C=N–C) groups is 1. The van der Waals surface area contributed by atoms with Gasteiger partial charge < -0.3 is 53.7 Å². The van der Waals surface area contributed by atoms with Gasteiger partial charge in [0.15, 0.2) is 0 Å². The fraction of sp³-hybridized carbons (Fsp3) is 0.808. The van der Waals surface area contributed by atoms with Crippen LogP contribution >= 0.6 is 0 Å². The Labute approximate surface area is 475 Å². The van der Waals surface area contributed by atoms with Gasteiger partial charge in [0, 0.05) is 50.5 Å². The second-order valence-electron chi connectivity index (χ2n) is 17.3. The van der Waals surface area contributed by atoms with Crippen molar-refractivity contribution < 1.29 is 111 Å². The minimum absolute atomic E-state index is 0. The van der Waals surface area contributed by atoms with Crippen LogP contribution in [0.5, 0.6) is 0 Å². The monoisotopic (exact) mass is 1100 g/mol. The van der Waals surface area contributed by atoms with Crippen molar-refractivity contribution in [1.82, 2.24) is 24.9 Å². The standard InChI is InChI=1S/2C21H38N2O7.C9H18N2.CH2O3.Na/c1-6-10-11-12-18(24)23(16-21(27)30-9-4)13-17(5)22(14-19(25)28-7-2)15-20(26)29-8-3;1-6-10-11-12-18(24)23(16-21(27)30-9-4)17(5)13-22(14-19(25)28-7-2)15-20(26)29-8-3;1-3-4-5-6-9-10-7-8(2)11-9;2-1-4-3;/h2*17H,6-16H2,1-5H3;8H,3-7H2,1-2H3,(H,10,11);1,3H;/q;;;;+1/p-1. The minimum atomic E-state index is -0.490. The van der Waals surface area contributed by atoms with Crippen LogP contribution in [0, 0.1) is 0 Å². The molecule has 24 heteroatoms. The zero-order valence-electron chi connectivity index (χ0n) is 48.6. The maximum absolute atomic E-state index is 12.7. The number of nitrogens with one attached hydrogen (secondary N) is 1. The Hall–Kier alpha value is -4.42. The minimum Gasteiger partial charge on any atom is -0.662 e. The van der Waals surface area contributed by atoms with Crippen LogP contribution in [0.3, 0.4) is 0 Å². The average molecular weight is 1100 g/mol. The second-order valence-corrected chi connectivity index (χ2v) is 17.3. The van der Waals surface area contributed by atoms with Crippen LogP contribution in [0.15, 0.2) is 4.99 Å². The Morgan fingerprint density at radius 3 is 1.33 bits per heavy atom. The fourth-order valence-electron chi connectivity index (χ4n) is 7.11. The smallest absolute Gasteiger partial charge is 0.662 e. The maximum Gasteiger partial charge on any atom is 1.00 e. The largest absolute Gasteiger partial charge is 1.00 e. The molecule has 0 aliphatic carbocycles. The molecular weight excluding hydrogens is 1000 g/mol. The first-order chi connectivity index (χ1) is 35.8. The van der Waals surface area contributed by atoms with Gasteiger partial charge in [-0.1, -0.05) is 59.3 Å². The first-order valence-corrected chi connectivity index (χ1v) is 26.8. The molecular formula is C52H95N6NaO17. The molecule has 0 saturated heterocycles. The number of amidine groups is 1. The van der Waals surface area contributed by atoms with Crippen molar-refractivity contribution in [3.8, 4) is 0 Å². The number of ether oxygens (including phenoxy) is 6. The summed E-state index contributed by atoms with van der Waals surface area (Å²) in [6.07, 6.45) is 11.0. The number of unbranched alkanes of at least 4 members (excludes halogenated alkanes) is 6. The normalized spacial score (nSPS) is 12.8. The molecule has 436 valence electrons. The number of carbonyl (C=O) groups is 9. The van der Waals surface area contributed by atoms with Gasteiger partial charge in [-0.3, -0.25) is 57.9 Å². The van der Waals surface area contributed by atoms with E-state index < -0.39 is 41.9 Å². The molecule has 0 radical (unpaired) electrons. The molecule has 23 nitrogen and oxygen atoms in total. The van der Waals surface area contributed by atoms with E-state index in [1.807, 2.05) is 13.8 Å². The van der Waals surface area contributed by atoms with Crippen molar-refractivity contribution in [2.45, 2.75) is 178 Å². The maximum atomic E-state index is 12.7. The SMILES string of the molecule is CCCCCC(=O)N(CC(=O)OCC)C(C)CN(CC(=O)OCC)CC(=O)OCC.CCCCCC(=O)N(CC(=O)OCC)CC(C)N(CC(=O)OCC)CC(=O)OCC.CCCCCC1=NCC(C)N1.O=CO[O-].[Na+]. The zero-order chi connectivity index (χ0) is 57.4. The van der Waals surface area contributed by atoms with Crippen molar-refractivity contribution in [2.24, 2.45) is 4.99 Å². The quantitative estimate of drug-likeness (QED) is 0.0172. The number of hydrogen-bond acceptors (Lipinski definition) is 21. The van der Waals surface area contributed by atoms with Gasteiger partial charge in [0.25, 0.3) is 6.47 Å². The average Bonchev–Trinajstić information content (AvgIpc) is 3.78. The zero-order valence-corrected chi connectivity index (χ0v) is 50.6. The molecule has 76 heavy (non-hydrogen) atoms. The summed E-state index contributed by atoms with van der Waals surface area (Å²) < 4.78 is 29.9. The Morgan fingerprint density at radius 2 is 0.947 bits per heavy atom. The van der Waals surface area contributed by atoms with Gasteiger partial charge in [-0.05, 0) is 81.6 Å². The predicted molar refractivity (Wildman–Crippen MR) is 280 cm³/mol. The Balaban J connectivity index is -0.000000530. The number of hydrogen-bond donors (Lipinski definition) is 1. The summed E-state index contributed by atoms with van der Waals surface area (Å²) in [5, 5.41) is 11.8. The van der Waals surface area contributed by atoms with E-state index in [4.69, 9.17) is 38.5 Å². The van der Waals surface area contributed by atoms with Gasteiger partial charge in [0.1, 0.15) is 13.1 Å². The molecule has 3 unspecified atom stereocenters. The van der Waals surface area contributed by atoms with Gasteiger partial charge in [-0.2, -0.15) is 0 Å². The van der Waals surface area contributed by atoms with Crippen molar-refractivity contribution >= 4 is 59.9 Å². The summed E-state index contributed by atoms with van der Waals surface area (Å²) in [5.74, 6) is -1.95. The molecule has 0 aromatic rings. The summed E-state index contributed by atoms with van der Waals surface area (Å²) >= 11 is 0. The third-order valence-electron chi connectivity index (χ3n) is 10.7. The number of nitrogens with zero attached hydrogens (tertiary/aromatic N) is 5. The molecule has 3 atom stereocenters. The van der Waals surface area contributed by atoms with E-state index in [0.29, 0.717) is 18.9 Å². The molecule has 2 amide bonds. The first-order valence-electron chi connectivity index (χ1n) is 26.8. The first kappa shape index (κ1) is 78.1. The summed E-state index contributed by atoms with van der Waals surface area (Å²) in [6, 6.07) is -0.234. The molecule has 0 saturated carbocycles. The molecule has 0 spiro atoms. The summed E-state index contributed by atoms with van der Waals surface area (Å²) in [5.41, 5.74) is 0. The molecule has 1 rings (SSSR count). The number of carbonyl (C=O) groups excluding carboxylic acids is 9. The van der Waals surface area contributed by atoms with Crippen molar-refractivity contribution in [2.75, 3.05) is 98.5 Å². The Kier molecular flexibility index (Phi) is 54.1. The molecule has 0 fully saturated rings. The van der Waals surface area contributed by atoms with Crippen molar-refractivity contribution in [3.05, 3.63) is 0 Å². The molecule has 1 aliphatic rings. The Bertz CT molecular complexity index is 1590. The van der Waals surface area contributed by atoms with Crippen molar-refractivity contribution in [3.63, 3.8) is 0 Å². The van der Waals surface area contributed by atoms with E-state index in [0.717, 1.165) is 51.5 Å². The van der Waals surface area contributed by atoms with E-state index in [9.17, 15) is 38.4 Å². The van der Waals surface area contributed by atoms with Crippen LogP contribution in [0.4, 0.5) is 0 Å². The topological polar surface area (TPSA) is 279 Å². The van der Waals surface area contributed by atoms with Crippen molar-refractivity contribution in [1.29, 1.82) is 0 Å². The van der Waals surface area contributed by atoms with Gasteiger partial charge in [0.2, 0.25) is 11.8 Å². The number of rotatable bonds is 37. The van der Waals surface area contributed by atoms with Gasteiger partial charge in [0.05, 0.1) is 78.2 Å². The molecule has 1 heterocycles. The summed E-state index contributed by atoms with van der Waals surface area (Å²) in [7, 11) is 0. The van der Waals surface area contributed by atoms with Crippen LogP contribution < -0.4 is 40.1 Å². The van der Waals surface area contributed by atoms with Crippen LogP contribution in [-0.4, -0.2) is 196 Å². The third-order valence-corrected chi connectivity index (χ3v) is 10.7. The summed E-state index contributed by atoms with van der Waals surface area (Å²) in [6.45, 7) is 24.0. The third kappa shape index (κ3) is 43.7. The van der Waals surface area contributed by atoms with Crippen LogP contribution in [0.25, 0.3) is 0 Å². The molecule has 1 aliphatic heterocycles. The Morgan fingerprint density at radius 1 is 0.566 bits per heavy atom. The van der Waals surface area contributed by atoms with Crippen LogP contribution in [-0.2, 0) is 76.5 Å². The molecule has 1 N–H and O–H groups in total. The molecule has 0 aromatic carbocycles. The number of esters is 6. The van der Waals surface area contributed by atoms with E-state index in [2.05, 4.69) is 29.0 Å². The molecule has 0 bridgehead atoms. The van der Waals surface area contributed by atoms with Gasteiger partial charge >= 0.3 is 65.4 Å². The van der Waals surface area contributed by atoms with Crippen LogP contribution in [0.1, 0.15) is 160 Å². The fourth-order valence-corrected chi connectivity index (χ4v) is 7.11. The van der Waals surface area contributed by atoms with E-state index in [1.54, 1.807) is 65.2 Å². The van der Waals surface area contributed by atoms with Crippen LogP contribution in [0.2, 0.25) is 0 Å². The van der Waals surface area contributed by atoms with E-state index in [-0.39, 0.29) is 146 Å². The predicted octanol–water partition coefficient (Wildman–Crippen LogP) is 0.946. The second kappa shape index (κ2) is 52.6. The number of amides is 2. The summed E-state index contributed by atoms with van der Waals surface area (Å²) in [4.78, 5) is 119. The van der Waals surface area contributed by atoms with E-state index in [1.165, 1.54) is 34.9 Å². The molecule has 0 aromatic heterocycles. The van der Waals surface area contributed by atoms with Gasteiger partial charge in [-0.25, -0.2) is 0 Å². The van der Waals surface area contributed by atoms with E-state index >= 15 is 0 Å².